The molecule has 116 valence electrons. The Kier molecular flexibility index (Phi) is 4.70. The minimum atomic E-state index is -0.988. The van der Waals surface area contributed by atoms with Crippen molar-refractivity contribution in [1.29, 1.82) is 0 Å². The van der Waals surface area contributed by atoms with Gasteiger partial charge in [0.05, 0.1) is 11.8 Å². The van der Waals surface area contributed by atoms with Crippen LogP contribution in [0, 0.1) is 18.8 Å². The van der Waals surface area contributed by atoms with E-state index in [9.17, 15) is 9.59 Å². The van der Waals surface area contributed by atoms with Gasteiger partial charge in [-0.15, -0.1) is 0 Å². The fourth-order valence-corrected chi connectivity index (χ4v) is 3.09. The van der Waals surface area contributed by atoms with Crippen LogP contribution < -0.4 is 0 Å². The van der Waals surface area contributed by atoms with Crippen molar-refractivity contribution in [3.8, 4) is 0 Å². The van der Waals surface area contributed by atoms with Crippen LogP contribution in [0.25, 0.3) is 0 Å². The molecule has 2 heterocycles. The predicted molar refractivity (Wildman–Crippen MR) is 78.3 cm³/mol. The lowest BCUT2D eigenvalue weighted by Crippen LogP contribution is -2.30. The second-order valence-corrected chi connectivity index (χ2v) is 6.32. The summed E-state index contributed by atoms with van der Waals surface area (Å²) in [5, 5.41) is 8.90. The normalized spacial score (nSPS) is 18.5. The van der Waals surface area contributed by atoms with Crippen molar-refractivity contribution in [2.75, 3.05) is 13.1 Å². The van der Waals surface area contributed by atoms with Crippen molar-refractivity contribution in [2.24, 2.45) is 11.8 Å². The number of carbonyl (C=O) groups excluding carboxylic acids is 1. The molecule has 5 nitrogen and oxygen atoms in total. The zero-order valence-corrected chi connectivity index (χ0v) is 12.9. The second kappa shape index (κ2) is 6.33. The van der Waals surface area contributed by atoms with Crippen molar-refractivity contribution >= 4 is 11.9 Å². The van der Waals surface area contributed by atoms with Gasteiger partial charge in [-0.3, -0.25) is 9.59 Å². The van der Waals surface area contributed by atoms with Gasteiger partial charge in [-0.25, -0.2) is 0 Å². The van der Waals surface area contributed by atoms with E-state index in [1.807, 2.05) is 4.90 Å². The molecule has 1 aliphatic heterocycles. The highest BCUT2D eigenvalue weighted by Gasteiger charge is 2.30. The molecule has 1 unspecified atom stereocenters. The number of carbonyl (C=O) groups is 2. The third-order valence-electron chi connectivity index (χ3n) is 3.95. The third-order valence-corrected chi connectivity index (χ3v) is 3.95. The molecule has 5 heteroatoms. The molecule has 0 bridgehead atoms. The Balaban J connectivity index is 2.10. The van der Waals surface area contributed by atoms with E-state index in [-0.39, 0.29) is 18.1 Å². The van der Waals surface area contributed by atoms with Crippen molar-refractivity contribution in [3.05, 3.63) is 23.2 Å². The summed E-state index contributed by atoms with van der Waals surface area (Å²) in [6.07, 6.45) is 3.36. The van der Waals surface area contributed by atoms with Crippen molar-refractivity contribution in [1.82, 2.24) is 4.90 Å². The van der Waals surface area contributed by atoms with Gasteiger partial charge in [0.2, 0.25) is 0 Å². The average molecular weight is 293 g/mol. The zero-order valence-electron chi connectivity index (χ0n) is 12.9. The molecule has 1 N–H and O–H groups in total. The average Bonchev–Trinajstić information content (AvgIpc) is 2.95. The number of carboxylic acids is 1. The zero-order chi connectivity index (χ0) is 15.6. The lowest BCUT2D eigenvalue weighted by molar-refractivity contribution is -0.136. The maximum atomic E-state index is 12.6. The molecule has 1 amide bonds. The maximum Gasteiger partial charge on any atom is 0.311 e. The van der Waals surface area contributed by atoms with Crippen LogP contribution in [0.2, 0.25) is 0 Å². The molecular weight excluding hydrogens is 270 g/mol. The van der Waals surface area contributed by atoms with E-state index in [0.717, 1.165) is 25.9 Å². The highest BCUT2D eigenvalue weighted by molar-refractivity contribution is 5.97. The quantitative estimate of drug-likeness (QED) is 0.906. The smallest absolute Gasteiger partial charge is 0.311 e. The third kappa shape index (κ3) is 3.65. The molecule has 0 aromatic carbocycles. The van der Waals surface area contributed by atoms with Gasteiger partial charge < -0.3 is 14.4 Å². The fourth-order valence-electron chi connectivity index (χ4n) is 3.09. The number of amides is 1. The molecule has 0 radical (unpaired) electrons. The number of likely N-dealkylation sites (tertiary alicyclic amines) is 1. The highest BCUT2D eigenvalue weighted by Crippen LogP contribution is 2.27. The number of aliphatic carboxylic acids is 1. The van der Waals surface area contributed by atoms with E-state index >= 15 is 0 Å². The van der Waals surface area contributed by atoms with Crippen LogP contribution >= 0.6 is 0 Å². The summed E-state index contributed by atoms with van der Waals surface area (Å²) in [7, 11) is 0. The molecule has 0 spiro atoms. The van der Waals surface area contributed by atoms with Gasteiger partial charge in [0.25, 0.3) is 5.91 Å². The molecule has 1 atom stereocenters. The fraction of sp³-hybridized carbons (Fsp3) is 0.625. The molecular formula is C16H23NO4. The van der Waals surface area contributed by atoms with Gasteiger partial charge in [-0.05, 0) is 31.6 Å². The number of aryl methyl sites for hydroxylation is 1. The topological polar surface area (TPSA) is 70.7 Å². The van der Waals surface area contributed by atoms with Gasteiger partial charge in [-0.2, -0.15) is 0 Å². The van der Waals surface area contributed by atoms with Crippen LogP contribution in [0.3, 0.4) is 0 Å². The standard InChI is InChI=1S/C16H23NO4/c1-10(2)6-12-4-5-17(8-12)16(20)15-11(3)9-21-13(15)7-14(18)19/h9-10,12H,4-8H2,1-3H3,(H,18,19). The Morgan fingerprint density at radius 2 is 2.19 bits per heavy atom. The Labute approximate surface area is 124 Å². The first-order chi connectivity index (χ1) is 9.88. The summed E-state index contributed by atoms with van der Waals surface area (Å²) < 4.78 is 5.25. The van der Waals surface area contributed by atoms with Crippen LogP contribution in [0.15, 0.2) is 10.7 Å². The van der Waals surface area contributed by atoms with Gasteiger partial charge in [0, 0.05) is 18.7 Å². The number of hydrogen-bond acceptors (Lipinski definition) is 3. The lowest BCUT2D eigenvalue weighted by atomic mass is 9.97. The Morgan fingerprint density at radius 1 is 1.48 bits per heavy atom. The van der Waals surface area contributed by atoms with E-state index in [0.29, 0.717) is 23.0 Å². The molecule has 1 aromatic rings. The Morgan fingerprint density at radius 3 is 2.81 bits per heavy atom. The monoisotopic (exact) mass is 293 g/mol. The summed E-state index contributed by atoms with van der Waals surface area (Å²) in [6, 6.07) is 0. The number of carboxylic acid groups (broad SMARTS) is 1. The van der Waals surface area contributed by atoms with E-state index in [1.165, 1.54) is 6.26 Å². The molecule has 1 aromatic heterocycles. The summed E-state index contributed by atoms with van der Waals surface area (Å²) in [5.74, 6) is 0.353. The number of furan rings is 1. The minimum Gasteiger partial charge on any atom is -0.481 e. The molecule has 1 aliphatic rings. The molecule has 1 saturated heterocycles. The SMILES string of the molecule is Cc1coc(CC(=O)O)c1C(=O)N1CCC(CC(C)C)C1. The number of hydrogen-bond donors (Lipinski definition) is 1. The molecule has 1 fully saturated rings. The van der Waals surface area contributed by atoms with Crippen molar-refractivity contribution in [2.45, 2.75) is 40.0 Å². The molecule has 21 heavy (non-hydrogen) atoms. The van der Waals surface area contributed by atoms with Crippen LogP contribution in [-0.4, -0.2) is 35.0 Å². The van der Waals surface area contributed by atoms with Crippen LogP contribution in [-0.2, 0) is 11.2 Å². The van der Waals surface area contributed by atoms with Crippen LogP contribution in [0.5, 0.6) is 0 Å². The van der Waals surface area contributed by atoms with E-state index < -0.39 is 5.97 Å². The summed E-state index contributed by atoms with van der Waals surface area (Å²) in [6.45, 7) is 7.66. The lowest BCUT2D eigenvalue weighted by Gasteiger charge is -2.17. The van der Waals surface area contributed by atoms with Crippen LogP contribution in [0.4, 0.5) is 0 Å². The van der Waals surface area contributed by atoms with E-state index in [1.54, 1.807) is 6.92 Å². The molecule has 0 aliphatic carbocycles. The predicted octanol–water partition coefficient (Wildman–Crippen LogP) is 2.72. The van der Waals surface area contributed by atoms with Gasteiger partial charge >= 0.3 is 5.97 Å². The largest absolute Gasteiger partial charge is 0.481 e. The summed E-state index contributed by atoms with van der Waals surface area (Å²) in [5.41, 5.74) is 1.14. The second-order valence-electron chi connectivity index (χ2n) is 6.32. The van der Waals surface area contributed by atoms with Gasteiger partial charge in [0.15, 0.2) is 0 Å². The Bertz CT molecular complexity index is 532. The Hall–Kier alpha value is -1.78. The van der Waals surface area contributed by atoms with Crippen molar-refractivity contribution < 1.29 is 19.1 Å². The first-order valence-electron chi connectivity index (χ1n) is 7.46. The highest BCUT2D eigenvalue weighted by atomic mass is 16.4. The summed E-state index contributed by atoms with van der Waals surface area (Å²) in [4.78, 5) is 25.3. The molecule has 2 rings (SSSR count). The maximum absolute atomic E-state index is 12.6. The molecule has 0 saturated carbocycles. The van der Waals surface area contributed by atoms with Crippen LogP contribution in [0.1, 0.15) is 48.4 Å². The first-order valence-corrected chi connectivity index (χ1v) is 7.46. The minimum absolute atomic E-state index is 0.0937. The van der Waals surface area contributed by atoms with E-state index in [2.05, 4.69) is 13.8 Å². The van der Waals surface area contributed by atoms with Gasteiger partial charge in [-0.1, -0.05) is 13.8 Å². The van der Waals surface area contributed by atoms with E-state index in [4.69, 9.17) is 9.52 Å². The first kappa shape index (κ1) is 15.6. The summed E-state index contributed by atoms with van der Waals surface area (Å²) >= 11 is 0. The number of nitrogens with zero attached hydrogens (tertiary/aromatic N) is 1. The van der Waals surface area contributed by atoms with Crippen molar-refractivity contribution in [3.63, 3.8) is 0 Å². The number of rotatable bonds is 5. The van der Waals surface area contributed by atoms with Gasteiger partial charge in [0.1, 0.15) is 12.2 Å².